The lowest BCUT2D eigenvalue weighted by molar-refractivity contribution is -0.124. The topological polar surface area (TPSA) is 78.4 Å². The van der Waals surface area contributed by atoms with Crippen LogP contribution in [0, 0.1) is 5.82 Å². The van der Waals surface area contributed by atoms with Gasteiger partial charge in [-0.3, -0.25) is 14.8 Å². The fraction of sp³-hybridized carbons (Fsp3) is 0.143. The molecule has 0 heterocycles. The van der Waals surface area contributed by atoms with Crippen LogP contribution in [0.5, 0.6) is 0 Å². The zero-order valence-electron chi connectivity index (χ0n) is 15.1. The SMILES string of the molecule is CC(C)NC(=O)/C(=C\c1ccc(/C=C/C(=O)NO)cc1)c1cccc(F)c1. The zero-order chi connectivity index (χ0) is 19.8. The second-order valence-electron chi connectivity index (χ2n) is 6.17. The van der Waals surface area contributed by atoms with Crippen LogP contribution in [0.4, 0.5) is 4.39 Å². The van der Waals surface area contributed by atoms with Crippen molar-refractivity contribution in [3.63, 3.8) is 0 Å². The lowest BCUT2D eigenvalue weighted by atomic mass is 10.0. The van der Waals surface area contributed by atoms with Gasteiger partial charge in [0.2, 0.25) is 0 Å². The first-order chi connectivity index (χ1) is 12.9. The number of carbonyl (C=O) groups is 2. The van der Waals surface area contributed by atoms with E-state index in [-0.39, 0.29) is 11.9 Å². The average molecular weight is 368 g/mol. The van der Waals surface area contributed by atoms with Gasteiger partial charge in [0, 0.05) is 17.7 Å². The number of benzene rings is 2. The van der Waals surface area contributed by atoms with Crippen molar-refractivity contribution >= 4 is 29.5 Å². The molecule has 0 aliphatic rings. The van der Waals surface area contributed by atoms with Gasteiger partial charge in [-0.1, -0.05) is 36.4 Å². The van der Waals surface area contributed by atoms with E-state index in [4.69, 9.17) is 5.21 Å². The molecule has 3 N–H and O–H groups in total. The first kappa shape index (κ1) is 20.1. The van der Waals surface area contributed by atoms with E-state index in [0.29, 0.717) is 11.1 Å². The smallest absolute Gasteiger partial charge is 0.267 e. The molecule has 0 aliphatic carbocycles. The van der Waals surface area contributed by atoms with Crippen molar-refractivity contribution in [2.24, 2.45) is 0 Å². The molecule has 0 bridgehead atoms. The van der Waals surface area contributed by atoms with E-state index in [1.807, 2.05) is 13.8 Å². The first-order valence-corrected chi connectivity index (χ1v) is 8.39. The van der Waals surface area contributed by atoms with Gasteiger partial charge in [0.05, 0.1) is 0 Å². The maximum absolute atomic E-state index is 13.6. The molecule has 5 nitrogen and oxygen atoms in total. The third-order valence-corrected chi connectivity index (χ3v) is 3.58. The highest BCUT2D eigenvalue weighted by Gasteiger charge is 2.13. The van der Waals surface area contributed by atoms with E-state index in [1.54, 1.807) is 42.5 Å². The molecule has 0 aromatic heterocycles. The first-order valence-electron chi connectivity index (χ1n) is 8.39. The highest BCUT2D eigenvalue weighted by Crippen LogP contribution is 2.20. The molecule has 27 heavy (non-hydrogen) atoms. The quantitative estimate of drug-likeness (QED) is 0.316. The predicted molar refractivity (Wildman–Crippen MR) is 103 cm³/mol. The fourth-order valence-corrected chi connectivity index (χ4v) is 2.36. The summed E-state index contributed by atoms with van der Waals surface area (Å²) in [6.07, 6.45) is 4.41. The Balaban J connectivity index is 2.34. The summed E-state index contributed by atoms with van der Waals surface area (Å²) in [5.41, 5.74) is 3.84. The third kappa shape index (κ3) is 6.20. The molecule has 0 saturated carbocycles. The maximum atomic E-state index is 13.6. The van der Waals surface area contributed by atoms with Gasteiger partial charge < -0.3 is 5.32 Å². The Kier molecular flexibility index (Phi) is 7.02. The number of hydroxylamine groups is 1. The van der Waals surface area contributed by atoms with Crippen LogP contribution in [0.1, 0.15) is 30.5 Å². The number of rotatable bonds is 6. The van der Waals surface area contributed by atoms with E-state index in [2.05, 4.69) is 5.32 Å². The second kappa shape index (κ2) is 9.45. The maximum Gasteiger partial charge on any atom is 0.267 e. The van der Waals surface area contributed by atoms with E-state index in [0.717, 1.165) is 11.1 Å². The van der Waals surface area contributed by atoms with Crippen LogP contribution in [-0.2, 0) is 9.59 Å². The fourth-order valence-electron chi connectivity index (χ4n) is 2.36. The lowest BCUT2D eigenvalue weighted by Crippen LogP contribution is -2.30. The molecule has 0 unspecified atom stereocenters. The van der Waals surface area contributed by atoms with Crippen LogP contribution < -0.4 is 10.8 Å². The van der Waals surface area contributed by atoms with E-state index < -0.39 is 11.7 Å². The summed E-state index contributed by atoms with van der Waals surface area (Å²) in [7, 11) is 0. The van der Waals surface area contributed by atoms with Crippen LogP contribution >= 0.6 is 0 Å². The Labute approximate surface area is 157 Å². The Morgan fingerprint density at radius 1 is 1.07 bits per heavy atom. The van der Waals surface area contributed by atoms with Crippen LogP contribution in [0.2, 0.25) is 0 Å². The molecule has 0 aliphatic heterocycles. The van der Waals surface area contributed by atoms with E-state index in [1.165, 1.54) is 29.8 Å². The van der Waals surface area contributed by atoms with Crippen LogP contribution in [0.3, 0.4) is 0 Å². The van der Waals surface area contributed by atoms with E-state index in [9.17, 15) is 14.0 Å². The summed E-state index contributed by atoms with van der Waals surface area (Å²) < 4.78 is 13.6. The highest BCUT2D eigenvalue weighted by molar-refractivity contribution is 6.24. The average Bonchev–Trinajstić information content (AvgIpc) is 2.64. The molecule has 6 heteroatoms. The summed E-state index contributed by atoms with van der Waals surface area (Å²) in [4.78, 5) is 23.6. The minimum atomic E-state index is -0.627. The molecule has 2 aromatic rings. The minimum absolute atomic E-state index is 0.0559. The Bertz CT molecular complexity index is 871. The summed E-state index contributed by atoms with van der Waals surface area (Å²) in [5, 5.41) is 11.3. The van der Waals surface area contributed by atoms with Gasteiger partial charge in [0.15, 0.2) is 0 Å². The Morgan fingerprint density at radius 3 is 2.33 bits per heavy atom. The molecule has 2 aromatic carbocycles. The second-order valence-corrected chi connectivity index (χ2v) is 6.17. The molecule has 0 spiro atoms. The van der Waals surface area contributed by atoms with Crippen molar-refractivity contribution in [2.45, 2.75) is 19.9 Å². The molecule has 2 amide bonds. The standard InChI is InChI=1S/C21H21FN2O3/c1-14(2)23-21(26)19(17-4-3-5-18(22)13-17)12-16-8-6-15(7-9-16)10-11-20(25)24-27/h3-14,27H,1-2H3,(H,23,26)(H,24,25)/b11-10+,19-12-. The Hall–Kier alpha value is -3.25. The third-order valence-electron chi connectivity index (χ3n) is 3.58. The molecular weight excluding hydrogens is 347 g/mol. The van der Waals surface area contributed by atoms with Gasteiger partial charge in [-0.2, -0.15) is 0 Å². The van der Waals surface area contributed by atoms with Crippen molar-refractivity contribution in [2.75, 3.05) is 0 Å². The molecule has 0 atom stereocenters. The van der Waals surface area contributed by atoms with Crippen molar-refractivity contribution in [3.8, 4) is 0 Å². The summed E-state index contributed by atoms with van der Waals surface area (Å²) in [6.45, 7) is 3.70. The van der Waals surface area contributed by atoms with Gasteiger partial charge in [0.25, 0.3) is 11.8 Å². The van der Waals surface area contributed by atoms with Crippen LogP contribution in [-0.4, -0.2) is 23.1 Å². The number of halogens is 1. The molecule has 0 fully saturated rings. The van der Waals surface area contributed by atoms with Gasteiger partial charge >= 0.3 is 0 Å². The van der Waals surface area contributed by atoms with Gasteiger partial charge in [-0.25, -0.2) is 9.87 Å². The number of nitrogens with one attached hydrogen (secondary N) is 2. The number of hydrogen-bond donors (Lipinski definition) is 3. The van der Waals surface area contributed by atoms with Crippen molar-refractivity contribution < 1.29 is 19.2 Å². The molecule has 140 valence electrons. The van der Waals surface area contributed by atoms with Gasteiger partial charge in [-0.15, -0.1) is 0 Å². The Morgan fingerprint density at radius 2 is 1.74 bits per heavy atom. The van der Waals surface area contributed by atoms with Crippen molar-refractivity contribution in [1.82, 2.24) is 10.8 Å². The molecule has 2 rings (SSSR count). The zero-order valence-corrected chi connectivity index (χ0v) is 15.1. The number of hydrogen-bond acceptors (Lipinski definition) is 3. The van der Waals surface area contributed by atoms with Crippen molar-refractivity contribution in [3.05, 3.63) is 77.1 Å². The summed E-state index contributed by atoms with van der Waals surface area (Å²) >= 11 is 0. The summed E-state index contributed by atoms with van der Waals surface area (Å²) in [6, 6.07) is 12.9. The number of carbonyl (C=O) groups excluding carboxylic acids is 2. The molecule has 0 saturated heterocycles. The van der Waals surface area contributed by atoms with Crippen LogP contribution in [0.25, 0.3) is 17.7 Å². The summed E-state index contributed by atoms with van der Waals surface area (Å²) in [5.74, 6) is -1.34. The van der Waals surface area contributed by atoms with Gasteiger partial charge in [-0.05, 0) is 54.8 Å². The monoisotopic (exact) mass is 368 g/mol. The molecular formula is C21H21FN2O3. The minimum Gasteiger partial charge on any atom is -0.350 e. The predicted octanol–water partition coefficient (Wildman–Crippen LogP) is 3.41. The molecule has 0 radical (unpaired) electrons. The van der Waals surface area contributed by atoms with E-state index >= 15 is 0 Å². The normalized spacial score (nSPS) is 11.7. The highest BCUT2D eigenvalue weighted by atomic mass is 19.1. The lowest BCUT2D eigenvalue weighted by Gasteiger charge is -2.12. The van der Waals surface area contributed by atoms with Crippen LogP contribution in [0.15, 0.2) is 54.6 Å². The van der Waals surface area contributed by atoms with Gasteiger partial charge in [0.1, 0.15) is 5.82 Å². The van der Waals surface area contributed by atoms with Crippen molar-refractivity contribution in [1.29, 1.82) is 0 Å². The number of amides is 2. The largest absolute Gasteiger partial charge is 0.350 e.